The molecule has 0 aromatic heterocycles. The smallest absolute Gasteiger partial charge is 0.246 e. The molecule has 1 aliphatic carbocycles. The first kappa shape index (κ1) is 22.2. The summed E-state index contributed by atoms with van der Waals surface area (Å²) < 4.78 is 54.0. The summed E-state index contributed by atoms with van der Waals surface area (Å²) in [6, 6.07) is 9.70. The highest BCUT2D eigenvalue weighted by Gasteiger charge is 2.37. The van der Waals surface area contributed by atoms with E-state index < -0.39 is 26.6 Å². The molecule has 4 rings (SSSR count). The Bertz CT molecular complexity index is 1070. The molecule has 1 saturated heterocycles. The van der Waals surface area contributed by atoms with Gasteiger partial charge in [-0.3, -0.25) is 4.79 Å². The Labute approximate surface area is 185 Å². The molecular weight excluding hydrogens is 446 g/mol. The van der Waals surface area contributed by atoms with Crippen LogP contribution in [0.4, 0.5) is 8.78 Å². The molecule has 9 heteroatoms. The second kappa shape index (κ2) is 8.84. The van der Waals surface area contributed by atoms with Gasteiger partial charge in [0.1, 0.15) is 16.5 Å². The van der Waals surface area contributed by atoms with Crippen LogP contribution in [0.1, 0.15) is 37.3 Å². The predicted molar refractivity (Wildman–Crippen MR) is 113 cm³/mol. The van der Waals surface area contributed by atoms with E-state index in [0.29, 0.717) is 29.8 Å². The zero-order valence-electron chi connectivity index (χ0n) is 16.7. The highest BCUT2D eigenvalue weighted by Crippen LogP contribution is 2.41. The maximum Gasteiger partial charge on any atom is 0.246 e. The zero-order chi connectivity index (χ0) is 22.2. The molecule has 31 heavy (non-hydrogen) atoms. The van der Waals surface area contributed by atoms with Crippen molar-refractivity contribution >= 4 is 27.5 Å². The first-order chi connectivity index (χ1) is 14.8. The van der Waals surface area contributed by atoms with Crippen LogP contribution in [0.25, 0.3) is 0 Å². The van der Waals surface area contributed by atoms with Crippen molar-refractivity contribution < 1.29 is 22.0 Å². The summed E-state index contributed by atoms with van der Waals surface area (Å²) in [5.74, 6) is -1.86. The van der Waals surface area contributed by atoms with E-state index >= 15 is 0 Å². The van der Waals surface area contributed by atoms with E-state index in [-0.39, 0.29) is 31.0 Å². The van der Waals surface area contributed by atoms with Crippen LogP contribution in [0.15, 0.2) is 47.4 Å². The van der Waals surface area contributed by atoms with Crippen LogP contribution >= 0.6 is 11.6 Å². The summed E-state index contributed by atoms with van der Waals surface area (Å²) in [5.41, 5.74) is 1.00. The molecule has 0 unspecified atom stereocenters. The van der Waals surface area contributed by atoms with Crippen LogP contribution in [-0.2, 0) is 14.8 Å². The maximum atomic E-state index is 14.0. The van der Waals surface area contributed by atoms with Gasteiger partial charge in [0, 0.05) is 24.0 Å². The van der Waals surface area contributed by atoms with Gasteiger partial charge in [0.2, 0.25) is 15.9 Å². The number of carbonyl (C=O) groups is 1. The number of hydrogen-bond donors (Lipinski definition) is 1. The lowest BCUT2D eigenvalue weighted by Gasteiger charge is -2.31. The Morgan fingerprint density at radius 2 is 1.68 bits per heavy atom. The molecule has 2 aromatic rings. The van der Waals surface area contributed by atoms with E-state index in [1.54, 1.807) is 12.1 Å². The number of nitrogens with one attached hydrogen (secondary N) is 1. The van der Waals surface area contributed by atoms with E-state index in [4.69, 9.17) is 11.6 Å². The summed E-state index contributed by atoms with van der Waals surface area (Å²) in [5, 5.41) is 3.76. The van der Waals surface area contributed by atoms with Crippen LogP contribution in [0.2, 0.25) is 5.02 Å². The van der Waals surface area contributed by atoms with Gasteiger partial charge in [-0.1, -0.05) is 23.7 Å². The molecule has 166 valence electrons. The van der Waals surface area contributed by atoms with Gasteiger partial charge in [0.25, 0.3) is 0 Å². The Morgan fingerprint density at radius 1 is 1.03 bits per heavy atom. The predicted octanol–water partition coefficient (Wildman–Crippen LogP) is 4.29. The quantitative estimate of drug-likeness (QED) is 0.687. The minimum atomic E-state index is -4.16. The highest BCUT2D eigenvalue weighted by atomic mass is 35.5. The average molecular weight is 469 g/mol. The third-order valence-corrected chi connectivity index (χ3v) is 8.12. The van der Waals surface area contributed by atoms with Crippen molar-refractivity contribution in [3.05, 3.63) is 64.7 Å². The first-order valence-electron chi connectivity index (χ1n) is 10.3. The van der Waals surface area contributed by atoms with Gasteiger partial charge in [-0.15, -0.1) is 0 Å². The summed E-state index contributed by atoms with van der Waals surface area (Å²) in [7, 11) is -4.16. The van der Waals surface area contributed by atoms with Crippen molar-refractivity contribution in [2.45, 2.75) is 36.6 Å². The molecule has 1 N–H and O–H groups in total. The number of hydrogen-bond acceptors (Lipinski definition) is 3. The van der Waals surface area contributed by atoms with Crippen LogP contribution < -0.4 is 5.32 Å². The molecule has 1 heterocycles. The number of piperidine rings is 1. The molecule has 0 bridgehead atoms. The summed E-state index contributed by atoms with van der Waals surface area (Å²) >= 11 is 5.97. The molecular formula is C22H23ClF2N2O3S. The Kier molecular flexibility index (Phi) is 6.32. The maximum absolute atomic E-state index is 14.0. The standard InChI is InChI=1S/C22H23ClF2N2O3S/c23-17-5-3-15(4-6-17)21(14-1-2-14)26-22(28)16-9-11-27(12-10-16)31(29,30)20-13-18(24)7-8-19(20)25/h3-8,13-14,16,21H,1-2,9-12H2,(H,26,28)/t21-/m0/s1. The van der Waals surface area contributed by atoms with Crippen LogP contribution in [0, 0.1) is 23.5 Å². The normalized spacial score (nSPS) is 19.2. The summed E-state index contributed by atoms with van der Waals surface area (Å²) in [6.07, 6.45) is 2.73. The molecule has 0 spiro atoms. The van der Waals surface area contributed by atoms with E-state index in [0.717, 1.165) is 34.8 Å². The molecule has 1 aliphatic heterocycles. The SMILES string of the molecule is O=C(N[C@H](c1ccc(Cl)cc1)C1CC1)C1CCN(S(=O)(=O)c2cc(F)ccc2F)CC1. The molecule has 2 aliphatic rings. The molecule has 1 amide bonds. The fraction of sp³-hybridized carbons (Fsp3) is 0.409. The van der Waals surface area contributed by atoms with E-state index in [9.17, 15) is 22.0 Å². The van der Waals surface area contributed by atoms with Crippen LogP contribution in [0.5, 0.6) is 0 Å². The molecule has 1 atom stereocenters. The number of sulfonamides is 1. The Morgan fingerprint density at radius 3 is 2.29 bits per heavy atom. The molecule has 2 aromatic carbocycles. The number of carbonyl (C=O) groups excluding carboxylic acids is 1. The van der Waals surface area contributed by atoms with Gasteiger partial charge >= 0.3 is 0 Å². The van der Waals surface area contributed by atoms with Gasteiger partial charge in [-0.25, -0.2) is 17.2 Å². The fourth-order valence-electron chi connectivity index (χ4n) is 4.02. The van der Waals surface area contributed by atoms with Crippen molar-refractivity contribution in [1.29, 1.82) is 0 Å². The largest absolute Gasteiger partial charge is 0.349 e. The topological polar surface area (TPSA) is 66.5 Å². The van der Waals surface area contributed by atoms with Gasteiger partial charge in [0.15, 0.2) is 0 Å². The van der Waals surface area contributed by atoms with Crippen LogP contribution in [0.3, 0.4) is 0 Å². The fourth-order valence-corrected chi connectivity index (χ4v) is 5.69. The molecule has 0 radical (unpaired) electrons. The molecule has 1 saturated carbocycles. The van der Waals surface area contributed by atoms with Crippen molar-refractivity contribution in [1.82, 2.24) is 9.62 Å². The van der Waals surface area contributed by atoms with E-state index in [2.05, 4.69) is 5.32 Å². The number of benzene rings is 2. The van der Waals surface area contributed by atoms with Gasteiger partial charge in [0.05, 0.1) is 6.04 Å². The zero-order valence-corrected chi connectivity index (χ0v) is 18.3. The third kappa shape index (κ3) is 4.91. The Hall–Kier alpha value is -2.03. The Balaban J connectivity index is 1.40. The molecule has 5 nitrogen and oxygen atoms in total. The second-order valence-corrected chi connectivity index (χ2v) is 10.5. The van der Waals surface area contributed by atoms with Crippen molar-refractivity contribution in [2.24, 2.45) is 11.8 Å². The van der Waals surface area contributed by atoms with E-state index in [1.165, 1.54) is 0 Å². The monoisotopic (exact) mass is 468 g/mol. The van der Waals surface area contributed by atoms with Crippen LogP contribution in [-0.4, -0.2) is 31.7 Å². The van der Waals surface area contributed by atoms with E-state index in [1.807, 2.05) is 12.1 Å². The highest BCUT2D eigenvalue weighted by molar-refractivity contribution is 7.89. The minimum absolute atomic E-state index is 0.0748. The first-order valence-corrected chi connectivity index (χ1v) is 12.1. The van der Waals surface area contributed by atoms with Gasteiger partial charge in [-0.2, -0.15) is 4.31 Å². The van der Waals surface area contributed by atoms with Crippen molar-refractivity contribution in [3.63, 3.8) is 0 Å². The molecule has 2 fully saturated rings. The van der Waals surface area contributed by atoms with Gasteiger partial charge in [-0.05, 0) is 67.5 Å². The lowest BCUT2D eigenvalue weighted by atomic mass is 9.95. The lowest BCUT2D eigenvalue weighted by Crippen LogP contribution is -2.44. The summed E-state index contributed by atoms with van der Waals surface area (Å²) in [6.45, 7) is 0.150. The van der Waals surface area contributed by atoms with Crippen molar-refractivity contribution in [3.8, 4) is 0 Å². The number of rotatable bonds is 6. The number of halogens is 3. The van der Waals surface area contributed by atoms with Crippen molar-refractivity contribution in [2.75, 3.05) is 13.1 Å². The average Bonchev–Trinajstić information content (AvgIpc) is 3.59. The summed E-state index contributed by atoms with van der Waals surface area (Å²) in [4.78, 5) is 12.2. The van der Waals surface area contributed by atoms with Gasteiger partial charge < -0.3 is 5.32 Å². The second-order valence-electron chi connectivity index (χ2n) is 8.13. The lowest BCUT2D eigenvalue weighted by molar-refractivity contribution is -0.127. The third-order valence-electron chi connectivity index (χ3n) is 5.96. The minimum Gasteiger partial charge on any atom is -0.349 e. The number of nitrogens with zero attached hydrogens (tertiary/aromatic N) is 1. The number of amides is 1.